The Balaban J connectivity index is 1.83. The average molecular weight is 295 g/mol. The summed E-state index contributed by atoms with van der Waals surface area (Å²) in [6.45, 7) is 6.24. The third kappa shape index (κ3) is 4.19. The molecule has 0 spiro atoms. The second-order valence-corrected chi connectivity index (χ2v) is 6.74. The van der Waals surface area contributed by atoms with Crippen LogP contribution in [0.4, 0.5) is 0 Å². The van der Waals surface area contributed by atoms with Gasteiger partial charge < -0.3 is 9.80 Å². The lowest BCUT2D eigenvalue weighted by Crippen LogP contribution is -2.43. The molecule has 2 fully saturated rings. The van der Waals surface area contributed by atoms with E-state index >= 15 is 0 Å². The van der Waals surface area contributed by atoms with Crippen molar-refractivity contribution in [2.75, 3.05) is 20.1 Å². The number of likely N-dealkylation sites (N-methyl/N-ethyl adjacent to an activating group) is 1. The third-order valence-corrected chi connectivity index (χ3v) is 5.23. The molecular formula is C17H33N3O. The molecule has 2 aliphatic rings. The summed E-state index contributed by atoms with van der Waals surface area (Å²) in [6.07, 6.45) is 9.94. The minimum absolute atomic E-state index is 0.0617. The van der Waals surface area contributed by atoms with Gasteiger partial charge in [0.15, 0.2) is 0 Å². The van der Waals surface area contributed by atoms with Gasteiger partial charge in [0, 0.05) is 19.1 Å². The zero-order valence-corrected chi connectivity index (χ0v) is 14.1. The van der Waals surface area contributed by atoms with Crippen molar-refractivity contribution in [2.45, 2.75) is 83.5 Å². The number of nitrogens with zero attached hydrogens (tertiary/aromatic N) is 2. The maximum atomic E-state index is 12.6. The number of rotatable bonds is 8. The molecule has 1 N–H and O–H groups in total. The predicted molar refractivity (Wildman–Crippen MR) is 87.1 cm³/mol. The van der Waals surface area contributed by atoms with Crippen molar-refractivity contribution in [3.8, 4) is 0 Å². The quantitative estimate of drug-likeness (QED) is 0.747. The van der Waals surface area contributed by atoms with Gasteiger partial charge in [-0.05, 0) is 32.7 Å². The van der Waals surface area contributed by atoms with E-state index in [2.05, 4.69) is 36.0 Å². The topological polar surface area (TPSA) is 35.6 Å². The lowest BCUT2D eigenvalue weighted by Gasteiger charge is -2.29. The molecule has 0 aromatic heterocycles. The zero-order valence-electron chi connectivity index (χ0n) is 14.1. The molecule has 2 atom stereocenters. The fourth-order valence-corrected chi connectivity index (χ4v) is 3.76. The standard InChI is InChI=1S/C17H33N3O/c1-4-6-11-15-17(21)20(16(5-2)18-15)13-12-19(3)14-9-7-8-10-14/h14-16,18H,4-13H2,1-3H3. The van der Waals surface area contributed by atoms with Gasteiger partial charge in [-0.2, -0.15) is 0 Å². The van der Waals surface area contributed by atoms with Crippen LogP contribution < -0.4 is 5.32 Å². The van der Waals surface area contributed by atoms with Crippen LogP contribution in [0.2, 0.25) is 0 Å². The van der Waals surface area contributed by atoms with E-state index in [1.54, 1.807) is 0 Å². The smallest absolute Gasteiger partial charge is 0.241 e. The summed E-state index contributed by atoms with van der Waals surface area (Å²) < 4.78 is 0. The number of nitrogens with one attached hydrogen (secondary N) is 1. The van der Waals surface area contributed by atoms with Gasteiger partial charge in [-0.15, -0.1) is 0 Å². The number of hydrogen-bond donors (Lipinski definition) is 1. The fourth-order valence-electron chi connectivity index (χ4n) is 3.76. The van der Waals surface area contributed by atoms with Crippen LogP contribution in [0.15, 0.2) is 0 Å². The van der Waals surface area contributed by atoms with Gasteiger partial charge in [0.1, 0.15) is 0 Å². The van der Waals surface area contributed by atoms with Crippen LogP contribution in [0.5, 0.6) is 0 Å². The summed E-state index contributed by atoms with van der Waals surface area (Å²) in [4.78, 5) is 17.1. The summed E-state index contributed by atoms with van der Waals surface area (Å²) in [6, 6.07) is 0.804. The molecule has 0 aromatic rings. The number of unbranched alkanes of at least 4 members (excludes halogenated alkanes) is 1. The first-order valence-electron chi connectivity index (χ1n) is 8.94. The van der Waals surface area contributed by atoms with Crippen LogP contribution in [-0.2, 0) is 4.79 Å². The average Bonchev–Trinajstić information content (AvgIpc) is 3.11. The molecule has 1 heterocycles. The molecule has 0 radical (unpaired) electrons. The highest BCUT2D eigenvalue weighted by molar-refractivity contribution is 5.84. The summed E-state index contributed by atoms with van der Waals surface area (Å²) in [5, 5.41) is 3.53. The van der Waals surface area contributed by atoms with Crippen LogP contribution in [-0.4, -0.2) is 54.1 Å². The van der Waals surface area contributed by atoms with Crippen molar-refractivity contribution >= 4 is 5.91 Å². The van der Waals surface area contributed by atoms with Crippen LogP contribution in [0, 0.1) is 0 Å². The summed E-state index contributed by atoms with van der Waals surface area (Å²) >= 11 is 0. The van der Waals surface area contributed by atoms with Crippen LogP contribution in [0.1, 0.15) is 65.2 Å². The normalized spacial score (nSPS) is 27.2. The van der Waals surface area contributed by atoms with Gasteiger partial charge in [0.25, 0.3) is 0 Å². The van der Waals surface area contributed by atoms with Gasteiger partial charge in [-0.1, -0.05) is 39.5 Å². The van der Waals surface area contributed by atoms with Gasteiger partial charge in [0.2, 0.25) is 5.91 Å². The number of carbonyl (C=O) groups is 1. The molecule has 1 aliphatic heterocycles. The Hall–Kier alpha value is -0.610. The Bertz CT molecular complexity index is 328. The second-order valence-electron chi connectivity index (χ2n) is 6.74. The maximum absolute atomic E-state index is 12.6. The van der Waals surface area contributed by atoms with Gasteiger partial charge in [0.05, 0.1) is 12.2 Å². The summed E-state index contributed by atoms with van der Waals surface area (Å²) in [5.74, 6) is 0.329. The Kier molecular flexibility index (Phi) is 6.49. The molecule has 4 heteroatoms. The lowest BCUT2D eigenvalue weighted by atomic mass is 10.1. The molecule has 1 amide bonds. The van der Waals surface area contributed by atoms with Crippen LogP contribution in [0.3, 0.4) is 0 Å². The van der Waals surface area contributed by atoms with Crippen LogP contribution in [0.25, 0.3) is 0 Å². The largest absolute Gasteiger partial charge is 0.325 e. The number of carbonyl (C=O) groups excluding carboxylic acids is 1. The molecule has 1 saturated heterocycles. The SMILES string of the molecule is CCCCC1NC(CC)N(CCN(C)C2CCCC2)C1=O. The van der Waals surface area contributed by atoms with E-state index in [0.29, 0.717) is 5.91 Å². The Labute approximate surface area is 130 Å². The molecule has 122 valence electrons. The fraction of sp³-hybridized carbons (Fsp3) is 0.941. The molecule has 1 saturated carbocycles. The monoisotopic (exact) mass is 295 g/mol. The lowest BCUT2D eigenvalue weighted by molar-refractivity contribution is -0.130. The van der Waals surface area contributed by atoms with Gasteiger partial charge in [-0.3, -0.25) is 10.1 Å². The van der Waals surface area contributed by atoms with E-state index < -0.39 is 0 Å². The zero-order chi connectivity index (χ0) is 15.2. The van der Waals surface area contributed by atoms with Crippen molar-refractivity contribution in [2.24, 2.45) is 0 Å². The van der Waals surface area contributed by atoms with E-state index in [0.717, 1.165) is 44.8 Å². The van der Waals surface area contributed by atoms with Crippen molar-refractivity contribution < 1.29 is 4.79 Å². The van der Waals surface area contributed by atoms with E-state index in [-0.39, 0.29) is 12.2 Å². The molecule has 21 heavy (non-hydrogen) atoms. The number of hydrogen-bond acceptors (Lipinski definition) is 3. The summed E-state index contributed by atoms with van der Waals surface area (Å²) in [5.41, 5.74) is 0. The molecule has 2 unspecified atom stereocenters. The van der Waals surface area contributed by atoms with Crippen LogP contribution >= 0.6 is 0 Å². The Morgan fingerprint density at radius 2 is 2.00 bits per heavy atom. The van der Waals surface area contributed by atoms with E-state index in [4.69, 9.17) is 0 Å². The third-order valence-electron chi connectivity index (χ3n) is 5.23. The van der Waals surface area contributed by atoms with E-state index in [1.165, 1.54) is 25.7 Å². The molecule has 0 aromatic carbocycles. The molecule has 2 rings (SSSR count). The number of amides is 1. The van der Waals surface area contributed by atoms with E-state index in [1.807, 2.05) is 0 Å². The minimum Gasteiger partial charge on any atom is -0.325 e. The minimum atomic E-state index is 0.0617. The predicted octanol–water partition coefficient (Wildman–Crippen LogP) is 2.59. The highest BCUT2D eigenvalue weighted by atomic mass is 16.2. The summed E-state index contributed by atoms with van der Waals surface area (Å²) in [7, 11) is 2.22. The molecular weight excluding hydrogens is 262 g/mol. The highest BCUT2D eigenvalue weighted by Crippen LogP contribution is 2.23. The van der Waals surface area contributed by atoms with Gasteiger partial charge in [-0.25, -0.2) is 0 Å². The highest BCUT2D eigenvalue weighted by Gasteiger charge is 2.37. The van der Waals surface area contributed by atoms with Crippen molar-refractivity contribution in [1.82, 2.24) is 15.1 Å². The van der Waals surface area contributed by atoms with Crippen molar-refractivity contribution in [3.05, 3.63) is 0 Å². The van der Waals surface area contributed by atoms with Crippen molar-refractivity contribution in [3.63, 3.8) is 0 Å². The Morgan fingerprint density at radius 3 is 2.62 bits per heavy atom. The van der Waals surface area contributed by atoms with E-state index in [9.17, 15) is 4.79 Å². The van der Waals surface area contributed by atoms with Crippen molar-refractivity contribution in [1.29, 1.82) is 0 Å². The first-order chi connectivity index (χ1) is 10.2. The molecule has 0 bridgehead atoms. The van der Waals surface area contributed by atoms with Gasteiger partial charge >= 0.3 is 0 Å². The first-order valence-corrected chi connectivity index (χ1v) is 8.94. The molecule has 4 nitrogen and oxygen atoms in total. The Morgan fingerprint density at radius 1 is 1.29 bits per heavy atom. The first kappa shape index (κ1) is 16.8. The second kappa shape index (κ2) is 8.14. The molecule has 1 aliphatic carbocycles. The maximum Gasteiger partial charge on any atom is 0.241 e.